The molecule has 9 heteroatoms. The second-order valence-electron chi connectivity index (χ2n) is 6.24. The van der Waals surface area contributed by atoms with E-state index in [-0.39, 0.29) is 29.2 Å². The first-order valence-electron chi connectivity index (χ1n) is 8.41. The highest BCUT2D eigenvalue weighted by Gasteiger charge is 2.29. The van der Waals surface area contributed by atoms with Crippen molar-refractivity contribution in [3.8, 4) is 0 Å². The lowest BCUT2D eigenvalue weighted by molar-refractivity contribution is 0.0790. The van der Waals surface area contributed by atoms with Crippen LogP contribution in [-0.4, -0.2) is 45.0 Å². The van der Waals surface area contributed by atoms with E-state index < -0.39 is 0 Å². The predicted octanol–water partition coefficient (Wildman–Crippen LogP) is 2.89. The van der Waals surface area contributed by atoms with Gasteiger partial charge in [0.1, 0.15) is 5.82 Å². The van der Waals surface area contributed by atoms with Gasteiger partial charge < -0.3 is 4.90 Å². The standard InChI is InChI=1S/C18H16FN5O2S/c19-13-3-1-11(2-4-13)17(26)24-7-5-12(10-24)14-9-15(23-22-14)16(25)21-18-20-6-8-27-18/h1-4,6,8-9,12H,5,7,10H2,(H,22,23)(H,20,21,25). The SMILES string of the molecule is O=C(Nc1nccs1)c1cc(C2CCN(C(=O)c3ccc(F)cc3)C2)[nH]n1. The van der Waals surface area contributed by atoms with Gasteiger partial charge in [-0.05, 0) is 36.8 Å². The van der Waals surface area contributed by atoms with Crippen LogP contribution in [0.2, 0.25) is 0 Å². The molecule has 1 unspecified atom stereocenters. The number of hydrogen-bond donors (Lipinski definition) is 2. The molecule has 3 heterocycles. The topological polar surface area (TPSA) is 91.0 Å². The number of benzene rings is 1. The first kappa shape index (κ1) is 17.3. The smallest absolute Gasteiger partial charge is 0.277 e. The van der Waals surface area contributed by atoms with E-state index in [1.807, 2.05) is 0 Å². The number of amides is 2. The van der Waals surface area contributed by atoms with Crippen molar-refractivity contribution in [2.75, 3.05) is 18.4 Å². The van der Waals surface area contributed by atoms with Crippen LogP contribution in [0.3, 0.4) is 0 Å². The molecule has 0 saturated carbocycles. The number of carbonyl (C=O) groups is 2. The number of halogens is 1. The molecule has 0 spiro atoms. The predicted molar refractivity (Wildman–Crippen MR) is 98.3 cm³/mol. The number of thiazole rings is 1. The van der Waals surface area contributed by atoms with Gasteiger partial charge in [0.15, 0.2) is 10.8 Å². The molecule has 1 fully saturated rings. The fourth-order valence-electron chi connectivity index (χ4n) is 3.08. The van der Waals surface area contributed by atoms with Crippen LogP contribution in [0.4, 0.5) is 9.52 Å². The van der Waals surface area contributed by atoms with Gasteiger partial charge in [-0.3, -0.25) is 20.0 Å². The van der Waals surface area contributed by atoms with Crippen molar-refractivity contribution >= 4 is 28.3 Å². The summed E-state index contributed by atoms with van der Waals surface area (Å²) in [7, 11) is 0. The molecule has 1 aliphatic heterocycles. The number of nitrogens with zero attached hydrogens (tertiary/aromatic N) is 3. The number of nitrogens with one attached hydrogen (secondary N) is 2. The Hall–Kier alpha value is -3.07. The van der Waals surface area contributed by atoms with Crippen molar-refractivity contribution in [3.63, 3.8) is 0 Å². The lowest BCUT2D eigenvalue weighted by Gasteiger charge is -2.16. The quantitative estimate of drug-likeness (QED) is 0.722. The molecule has 1 aliphatic rings. The van der Waals surface area contributed by atoms with Gasteiger partial charge in [0, 0.05) is 41.8 Å². The zero-order chi connectivity index (χ0) is 18.8. The van der Waals surface area contributed by atoms with Gasteiger partial charge in [0.2, 0.25) is 0 Å². The Morgan fingerprint density at radius 3 is 2.85 bits per heavy atom. The lowest BCUT2D eigenvalue weighted by Crippen LogP contribution is -2.28. The first-order valence-corrected chi connectivity index (χ1v) is 9.29. The van der Waals surface area contributed by atoms with Crippen molar-refractivity contribution in [2.24, 2.45) is 0 Å². The maximum absolute atomic E-state index is 13.0. The molecule has 2 amide bonds. The Kier molecular flexibility index (Phi) is 4.68. The zero-order valence-electron chi connectivity index (χ0n) is 14.2. The maximum Gasteiger partial charge on any atom is 0.277 e. The number of aromatic nitrogens is 3. The van der Waals surface area contributed by atoms with E-state index in [9.17, 15) is 14.0 Å². The molecule has 1 saturated heterocycles. The summed E-state index contributed by atoms with van der Waals surface area (Å²) in [6.07, 6.45) is 2.38. The molecular formula is C18H16FN5O2S. The Balaban J connectivity index is 1.40. The average molecular weight is 385 g/mol. The Morgan fingerprint density at radius 2 is 2.11 bits per heavy atom. The molecule has 4 rings (SSSR count). The van der Waals surface area contributed by atoms with Crippen molar-refractivity contribution in [1.82, 2.24) is 20.1 Å². The van der Waals surface area contributed by atoms with E-state index in [0.29, 0.717) is 23.8 Å². The first-order chi connectivity index (χ1) is 13.1. The van der Waals surface area contributed by atoms with Gasteiger partial charge in [0.05, 0.1) is 0 Å². The van der Waals surface area contributed by atoms with Crippen LogP contribution >= 0.6 is 11.3 Å². The second kappa shape index (κ2) is 7.28. The largest absolute Gasteiger partial charge is 0.338 e. The molecule has 1 atom stereocenters. The van der Waals surface area contributed by atoms with Crippen LogP contribution in [0.25, 0.3) is 0 Å². The van der Waals surface area contributed by atoms with Crippen LogP contribution < -0.4 is 5.32 Å². The van der Waals surface area contributed by atoms with E-state index in [2.05, 4.69) is 20.5 Å². The van der Waals surface area contributed by atoms with Crippen LogP contribution in [-0.2, 0) is 0 Å². The Labute approximate surface area is 158 Å². The third-order valence-electron chi connectivity index (χ3n) is 4.49. The molecule has 7 nitrogen and oxygen atoms in total. The summed E-state index contributed by atoms with van der Waals surface area (Å²) in [5, 5.41) is 11.9. The number of anilines is 1. The molecule has 2 aromatic heterocycles. The highest BCUT2D eigenvalue weighted by molar-refractivity contribution is 7.13. The molecule has 138 valence electrons. The minimum Gasteiger partial charge on any atom is -0.338 e. The van der Waals surface area contributed by atoms with Crippen LogP contribution in [0.1, 0.15) is 38.9 Å². The highest BCUT2D eigenvalue weighted by Crippen LogP contribution is 2.27. The fraction of sp³-hybridized carbons (Fsp3) is 0.222. The van der Waals surface area contributed by atoms with Gasteiger partial charge >= 0.3 is 0 Å². The molecular weight excluding hydrogens is 369 g/mol. The van der Waals surface area contributed by atoms with E-state index in [0.717, 1.165) is 12.1 Å². The summed E-state index contributed by atoms with van der Waals surface area (Å²) >= 11 is 1.33. The maximum atomic E-state index is 13.0. The summed E-state index contributed by atoms with van der Waals surface area (Å²) in [5.74, 6) is -0.751. The molecule has 0 radical (unpaired) electrons. The van der Waals surface area contributed by atoms with E-state index >= 15 is 0 Å². The van der Waals surface area contributed by atoms with Gasteiger partial charge in [0.25, 0.3) is 11.8 Å². The third-order valence-corrected chi connectivity index (χ3v) is 5.18. The molecule has 1 aromatic carbocycles. The summed E-state index contributed by atoms with van der Waals surface area (Å²) in [5.41, 5.74) is 1.56. The summed E-state index contributed by atoms with van der Waals surface area (Å²) in [6, 6.07) is 7.25. The van der Waals surface area contributed by atoms with Crippen molar-refractivity contribution < 1.29 is 14.0 Å². The number of hydrogen-bond acceptors (Lipinski definition) is 5. The highest BCUT2D eigenvalue weighted by atomic mass is 32.1. The average Bonchev–Trinajstić information content (AvgIpc) is 3.42. The minimum atomic E-state index is -0.369. The van der Waals surface area contributed by atoms with Gasteiger partial charge in [-0.15, -0.1) is 11.3 Å². The van der Waals surface area contributed by atoms with E-state index in [1.54, 1.807) is 22.5 Å². The normalized spacial score (nSPS) is 16.5. The minimum absolute atomic E-state index is 0.0725. The molecule has 27 heavy (non-hydrogen) atoms. The van der Waals surface area contributed by atoms with Crippen LogP contribution in [0.15, 0.2) is 41.9 Å². The van der Waals surface area contributed by atoms with Crippen LogP contribution in [0, 0.1) is 5.82 Å². The molecule has 3 aromatic rings. The Morgan fingerprint density at radius 1 is 1.30 bits per heavy atom. The fourth-order valence-corrected chi connectivity index (χ4v) is 3.61. The molecule has 0 bridgehead atoms. The number of carbonyl (C=O) groups excluding carboxylic acids is 2. The number of aromatic amines is 1. The van der Waals surface area contributed by atoms with Crippen molar-refractivity contribution in [1.29, 1.82) is 0 Å². The van der Waals surface area contributed by atoms with Crippen LogP contribution in [0.5, 0.6) is 0 Å². The number of H-pyrrole nitrogens is 1. The summed E-state index contributed by atoms with van der Waals surface area (Å²) in [4.78, 5) is 30.5. The number of likely N-dealkylation sites (tertiary alicyclic amines) is 1. The van der Waals surface area contributed by atoms with E-state index in [4.69, 9.17) is 0 Å². The van der Waals surface area contributed by atoms with Gasteiger partial charge in [-0.1, -0.05) is 0 Å². The lowest BCUT2D eigenvalue weighted by atomic mass is 10.0. The third kappa shape index (κ3) is 3.72. The van der Waals surface area contributed by atoms with Gasteiger partial charge in [-0.25, -0.2) is 9.37 Å². The van der Waals surface area contributed by atoms with Crippen molar-refractivity contribution in [3.05, 3.63) is 64.7 Å². The summed E-state index contributed by atoms with van der Waals surface area (Å²) < 4.78 is 13.0. The molecule has 0 aliphatic carbocycles. The molecule has 2 N–H and O–H groups in total. The van der Waals surface area contributed by atoms with E-state index in [1.165, 1.54) is 35.6 Å². The number of rotatable bonds is 4. The monoisotopic (exact) mass is 385 g/mol. The van der Waals surface area contributed by atoms with Crippen molar-refractivity contribution in [2.45, 2.75) is 12.3 Å². The van der Waals surface area contributed by atoms with Gasteiger partial charge in [-0.2, -0.15) is 5.10 Å². The second-order valence-corrected chi connectivity index (χ2v) is 7.14. The summed E-state index contributed by atoms with van der Waals surface area (Å²) in [6.45, 7) is 1.12. The zero-order valence-corrected chi connectivity index (χ0v) is 15.0. The Bertz CT molecular complexity index is 955.